The van der Waals surface area contributed by atoms with Crippen LogP contribution in [-0.4, -0.2) is 112 Å². The maximum Gasteiger partial charge on any atom is 0.144 e. The Morgan fingerprint density at radius 3 is 1.23 bits per heavy atom. The molecule has 0 aliphatic carbocycles. The van der Waals surface area contributed by atoms with Crippen molar-refractivity contribution >= 4 is 206 Å². The van der Waals surface area contributed by atoms with E-state index in [4.69, 9.17) is 107 Å². The van der Waals surface area contributed by atoms with Gasteiger partial charge in [0.25, 0.3) is 0 Å². The molecule has 0 atom stereocenters. The molecule has 0 fully saturated rings. The number of para-hydroxylation sites is 3. The lowest BCUT2D eigenvalue weighted by Gasteiger charge is -2.30. The van der Waals surface area contributed by atoms with E-state index in [0.717, 1.165) is 16.7 Å². The smallest absolute Gasteiger partial charge is 0.144 e. The Balaban J connectivity index is 1.54. The lowest BCUT2D eigenvalue weighted by atomic mass is 9.59. The first-order chi connectivity index (χ1) is 28.8. The molecule has 0 unspecified atom stereocenters. The molecule has 0 bridgehead atoms. The standard InChI is InChI=1S/C45H17B13N2/c46-32-27-25(20-13-5-4-12-19(20)18-10-2-1-3-11-18)28-30(35(49)41(55)39(53)33(28)47)26(29(27)34(48)40(54)38(32)52)21-14-6-8-16-23(21)60-24-17-9-7-15-22(24)59-45(60)31-36(50)42(56)44(58)43(57)37(31)51/h1-17H. The van der Waals surface area contributed by atoms with Crippen molar-refractivity contribution in [2.75, 3.05) is 0 Å². The van der Waals surface area contributed by atoms with E-state index in [1.54, 1.807) is 0 Å². The predicted molar refractivity (Wildman–Crippen MR) is 268 cm³/mol. The average Bonchev–Trinajstić information content (AvgIpc) is 3.65. The maximum absolute atomic E-state index is 7.16. The second kappa shape index (κ2) is 14.9. The molecule has 1 heterocycles. The van der Waals surface area contributed by atoms with E-state index in [0.29, 0.717) is 60.8 Å². The van der Waals surface area contributed by atoms with Crippen molar-refractivity contribution < 1.29 is 0 Å². The van der Waals surface area contributed by atoms with Gasteiger partial charge in [0.2, 0.25) is 0 Å². The van der Waals surface area contributed by atoms with E-state index in [1.165, 1.54) is 0 Å². The zero-order valence-electron chi connectivity index (χ0n) is 32.2. The Bertz CT molecular complexity index is 3200. The lowest BCUT2D eigenvalue weighted by molar-refractivity contribution is 1.11. The third kappa shape index (κ3) is 5.78. The summed E-state index contributed by atoms with van der Waals surface area (Å²) in [6, 6.07) is 32.8. The van der Waals surface area contributed by atoms with Crippen LogP contribution in [-0.2, 0) is 0 Å². The van der Waals surface area contributed by atoms with Crippen molar-refractivity contribution in [2.24, 2.45) is 0 Å². The highest BCUT2D eigenvalue weighted by molar-refractivity contribution is 6.72. The summed E-state index contributed by atoms with van der Waals surface area (Å²) in [6.07, 6.45) is 0. The summed E-state index contributed by atoms with van der Waals surface area (Å²) >= 11 is 0. The van der Waals surface area contributed by atoms with Crippen molar-refractivity contribution in [3.8, 4) is 50.5 Å². The Labute approximate surface area is 366 Å². The highest BCUT2D eigenvalue weighted by atomic mass is 15.1. The number of nitrogens with zero attached hydrogens (tertiary/aromatic N) is 2. The van der Waals surface area contributed by atoms with Crippen LogP contribution in [0.2, 0.25) is 0 Å². The topological polar surface area (TPSA) is 17.8 Å². The number of fused-ring (bicyclic) bond motifs is 3. The van der Waals surface area contributed by atoms with Crippen LogP contribution in [0.3, 0.4) is 0 Å². The molecule has 0 saturated carbocycles. The summed E-state index contributed by atoms with van der Waals surface area (Å²) in [5.74, 6) is 0.326. The van der Waals surface area contributed by atoms with Crippen LogP contribution in [0.5, 0.6) is 0 Å². The predicted octanol–water partition coefficient (Wildman–Crippen LogP) is -3.68. The third-order valence-electron chi connectivity index (χ3n) is 11.5. The van der Waals surface area contributed by atoms with Crippen molar-refractivity contribution in [1.29, 1.82) is 0 Å². The van der Waals surface area contributed by atoms with Crippen LogP contribution in [0.15, 0.2) is 103 Å². The van der Waals surface area contributed by atoms with E-state index < -0.39 is 0 Å². The SMILES string of the molecule is [B]c1c([B])c([B])c(-c2nc3ccccc3n2-c2ccccc2-c2c3c([B])c([B])c([B])c([B])c3c(-c3ccccc3-c3ccccc3)c3c([B])c([B])c([B])c([B])c23)c([B])c1[B]. The number of hydrogen-bond donors (Lipinski definition) is 0. The van der Waals surface area contributed by atoms with Crippen molar-refractivity contribution in [2.45, 2.75) is 0 Å². The van der Waals surface area contributed by atoms with E-state index >= 15 is 0 Å². The van der Waals surface area contributed by atoms with Gasteiger partial charge in [0.05, 0.1) is 16.7 Å². The molecular formula is C45H17B13N2. The van der Waals surface area contributed by atoms with Crippen molar-refractivity contribution in [1.82, 2.24) is 9.55 Å². The summed E-state index contributed by atoms with van der Waals surface area (Å²) in [7, 11) is 88.0. The molecule has 9 aromatic rings. The van der Waals surface area contributed by atoms with Gasteiger partial charge >= 0.3 is 0 Å². The number of imidazole rings is 1. The van der Waals surface area contributed by atoms with Crippen molar-refractivity contribution in [3.63, 3.8) is 0 Å². The Morgan fingerprint density at radius 1 is 0.317 bits per heavy atom. The highest BCUT2D eigenvalue weighted by Crippen LogP contribution is 2.45. The first kappa shape index (κ1) is 40.0. The van der Waals surface area contributed by atoms with Crippen LogP contribution in [0, 0.1) is 0 Å². The van der Waals surface area contributed by atoms with Crippen molar-refractivity contribution in [3.05, 3.63) is 103 Å². The Kier molecular flexibility index (Phi) is 9.97. The van der Waals surface area contributed by atoms with Gasteiger partial charge in [0.15, 0.2) is 0 Å². The summed E-state index contributed by atoms with van der Waals surface area (Å²) in [6.45, 7) is 0. The Hall–Kier alpha value is -5.41. The van der Waals surface area contributed by atoms with E-state index in [2.05, 4.69) is 0 Å². The van der Waals surface area contributed by atoms with Gasteiger partial charge in [0, 0.05) is 11.1 Å². The Morgan fingerprint density at radius 2 is 0.700 bits per heavy atom. The minimum atomic E-state index is 0.0681. The largest absolute Gasteiger partial charge is 0.292 e. The normalized spacial score (nSPS) is 11.5. The molecule has 0 amide bonds. The van der Waals surface area contributed by atoms with Crippen LogP contribution < -0.4 is 71.0 Å². The summed E-state index contributed by atoms with van der Waals surface area (Å²) in [5, 5.41) is 1.83. The minimum absolute atomic E-state index is 0.0681. The third-order valence-corrected chi connectivity index (χ3v) is 11.5. The number of benzene rings is 8. The second-order valence-electron chi connectivity index (χ2n) is 14.7. The number of hydrogen-bond acceptors (Lipinski definition) is 1. The molecule has 60 heavy (non-hydrogen) atoms. The van der Waals surface area contributed by atoms with Gasteiger partial charge in [-0.1, -0.05) is 118 Å². The average molecular weight is 726 g/mol. The van der Waals surface area contributed by atoms with Crippen LogP contribution in [0.4, 0.5) is 0 Å². The van der Waals surface area contributed by atoms with Crippen LogP contribution in [0.25, 0.3) is 83.0 Å². The zero-order chi connectivity index (χ0) is 42.5. The van der Waals surface area contributed by atoms with E-state index in [9.17, 15) is 0 Å². The molecule has 8 aromatic carbocycles. The lowest BCUT2D eigenvalue weighted by Crippen LogP contribution is -2.55. The minimum Gasteiger partial charge on any atom is -0.292 e. The quantitative estimate of drug-likeness (QED) is 0.132. The first-order valence-corrected chi connectivity index (χ1v) is 18.8. The van der Waals surface area contributed by atoms with E-state index in [1.807, 2.05) is 108 Å². The van der Waals surface area contributed by atoms with Gasteiger partial charge in [0.1, 0.15) is 108 Å². The molecular weight excluding hydrogens is 709 g/mol. The molecule has 15 heteroatoms. The summed E-state index contributed by atoms with van der Waals surface area (Å²) in [5.41, 5.74) is 7.76. The fourth-order valence-corrected chi connectivity index (χ4v) is 8.46. The molecule has 2 nitrogen and oxygen atoms in total. The van der Waals surface area contributed by atoms with Gasteiger partial charge in [-0.15, -0.1) is 38.2 Å². The molecule has 26 radical (unpaired) electrons. The van der Waals surface area contributed by atoms with Gasteiger partial charge in [-0.05, 0) is 67.6 Å². The summed E-state index contributed by atoms with van der Waals surface area (Å²) in [4.78, 5) is 5.05. The molecule has 0 N–H and O–H groups in total. The number of aromatic nitrogens is 2. The molecule has 246 valence electrons. The fourth-order valence-electron chi connectivity index (χ4n) is 8.46. The molecule has 9 rings (SSSR count). The van der Waals surface area contributed by atoms with Crippen LogP contribution in [0.1, 0.15) is 0 Å². The van der Waals surface area contributed by atoms with Gasteiger partial charge in [-0.3, -0.25) is 4.57 Å². The van der Waals surface area contributed by atoms with Crippen LogP contribution >= 0.6 is 0 Å². The molecule has 0 aliphatic rings. The van der Waals surface area contributed by atoms with Gasteiger partial charge in [-0.2, -0.15) is 0 Å². The zero-order valence-corrected chi connectivity index (χ0v) is 32.2. The molecule has 0 saturated heterocycles. The summed E-state index contributed by atoms with van der Waals surface area (Å²) < 4.78 is 1.90. The monoisotopic (exact) mass is 728 g/mol. The molecule has 0 spiro atoms. The number of rotatable bonds is 5. The molecule has 0 aliphatic heterocycles. The second-order valence-corrected chi connectivity index (χ2v) is 14.7. The fraction of sp³-hybridized carbons (Fsp3) is 0. The maximum atomic E-state index is 7.16. The van der Waals surface area contributed by atoms with E-state index in [-0.39, 0.29) is 76.6 Å². The highest BCUT2D eigenvalue weighted by Gasteiger charge is 2.28. The first-order valence-electron chi connectivity index (χ1n) is 18.8. The molecule has 1 aromatic heterocycles. The van der Waals surface area contributed by atoms with Gasteiger partial charge in [-0.25, -0.2) is 4.98 Å². The van der Waals surface area contributed by atoms with Gasteiger partial charge < -0.3 is 0 Å².